The monoisotopic (exact) mass is 237 g/mol. The number of thiophene rings is 1. The van der Waals surface area contributed by atoms with Crippen LogP contribution < -0.4 is 5.56 Å². The third-order valence-electron chi connectivity index (χ3n) is 2.54. The van der Waals surface area contributed by atoms with Crippen molar-refractivity contribution in [2.45, 2.75) is 13.3 Å². The zero-order valence-corrected chi connectivity index (χ0v) is 9.80. The fourth-order valence-electron chi connectivity index (χ4n) is 1.62. The van der Waals surface area contributed by atoms with Gasteiger partial charge in [-0.1, -0.05) is 6.92 Å². The molecule has 84 valence electrons. The Hall–Kier alpha value is -1.62. The Morgan fingerprint density at radius 2 is 2.19 bits per heavy atom. The van der Waals surface area contributed by atoms with Gasteiger partial charge in [0, 0.05) is 16.6 Å². The van der Waals surface area contributed by atoms with Gasteiger partial charge in [-0.2, -0.15) is 0 Å². The Morgan fingerprint density at radius 1 is 1.50 bits per heavy atom. The second kappa shape index (κ2) is 3.75. The van der Waals surface area contributed by atoms with Crippen molar-refractivity contribution in [3.8, 4) is 0 Å². The molecule has 0 bridgehead atoms. The molecule has 0 aromatic carbocycles. The molecule has 0 fully saturated rings. The first-order chi connectivity index (χ1) is 7.54. The van der Waals surface area contributed by atoms with Gasteiger partial charge < -0.3 is 9.67 Å². The van der Waals surface area contributed by atoms with Crippen LogP contribution in [0.1, 0.15) is 22.3 Å². The lowest BCUT2D eigenvalue weighted by Gasteiger charge is -2.02. The molecule has 0 spiro atoms. The van der Waals surface area contributed by atoms with E-state index in [9.17, 15) is 9.59 Å². The summed E-state index contributed by atoms with van der Waals surface area (Å²) in [6.07, 6.45) is 0.852. The molecular formula is C11H11NO3S. The van der Waals surface area contributed by atoms with Gasteiger partial charge in [0.1, 0.15) is 5.69 Å². The molecule has 4 nitrogen and oxygen atoms in total. The zero-order valence-electron chi connectivity index (χ0n) is 8.98. The number of aromatic nitrogens is 1. The van der Waals surface area contributed by atoms with E-state index in [0.717, 1.165) is 16.0 Å². The van der Waals surface area contributed by atoms with Gasteiger partial charge in [-0.05, 0) is 18.6 Å². The molecule has 2 aromatic heterocycles. The first-order valence-corrected chi connectivity index (χ1v) is 5.72. The molecule has 0 amide bonds. The molecule has 0 saturated carbocycles. The van der Waals surface area contributed by atoms with E-state index < -0.39 is 5.97 Å². The van der Waals surface area contributed by atoms with Gasteiger partial charge >= 0.3 is 5.97 Å². The van der Waals surface area contributed by atoms with Crippen molar-refractivity contribution in [2.75, 3.05) is 0 Å². The molecule has 0 saturated heterocycles. The van der Waals surface area contributed by atoms with Gasteiger partial charge in [0.25, 0.3) is 5.56 Å². The second-order valence-electron chi connectivity index (χ2n) is 3.54. The van der Waals surface area contributed by atoms with Gasteiger partial charge in [-0.15, -0.1) is 11.3 Å². The van der Waals surface area contributed by atoms with Crippen molar-refractivity contribution in [3.63, 3.8) is 0 Å². The average Bonchev–Trinajstić information content (AvgIpc) is 2.66. The third kappa shape index (κ3) is 1.53. The SMILES string of the molecule is CCc1cc2c(=O)n(C)c(C(=O)O)cc2s1. The Labute approximate surface area is 95.8 Å². The lowest BCUT2D eigenvalue weighted by atomic mass is 10.2. The van der Waals surface area contributed by atoms with Gasteiger partial charge in [0.15, 0.2) is 0 Å². The predicted octanol–water partition coefficient (Wildman–Crippen LogP) is 1.86. The van der Waals surface area contributed by atoms with Crippen LogP contribution >= 0.6 is 11.3 Å². The van der Waals surface area contributed by atoms with Crippen molar-refractivity contribution in [1.29, 1.82) is 0 Å². The normalized spacial score (nSPS) is 10.9. The number of hydrogen-bond acceptors (Lipinski definition) is 3. The van der Waals surface area contributed by atoms with E-state index in [2.05, 4.69) is 0 Å². The molecule has 0 unspecified atom stereocenters. The largest absolute Gasteiger partial charge is 0.477 e. The molecule has 5 heteroatoms. The topological polar surface area (TPSA) is 59.3 Å². The van der Waals surface area contributed by atoms with E-state index >= 15 is 0 Å². The van der Waals surface area contributed by atoms with Gasteiger partial charge in [0.05, 0.1) is 5.39 Å². The van der Waals surface area contributed by atoms with E-state index in [-0.39, 0.29) is 11.3 Å². The second-order valence-corrected chi connectivity index (χ2v) is 4.71. The number of rotatable bonds is 2. The highest BCUT2D eigenvalue weighted by molar-refractivity contribution is 7.19. The summed E-state index contributed by atoms with van der Waals surface area (Å²) >= 11 is 1.48. The summed E-state index contributed by atoms with van der Waals surface area (Å²) in [7, 11) is 1.48. The van der Waals surface area contributed by atoms with Crippen LogP contribution in [0.4, 0.5) is 0 Å². The summed E-state index contributed by atoms with van der Waals surface area (Å²) in [6, 6.07) is 3.40. The minimum absolute atomic E-state index is 0.0296. The highest BCUT2D eigenvalue weighted by Crippen LogP contribution is 2.24. The highest BCUT2D eigenvalue weighted by Gasteiger charge is 2.13. The molecule has 2 heterocycles. The van der Waals surface area contributed by atoms with Crippen molar-refractivity contribution in [1.82, 2.24) is 4.57 Å². The van der Waals surface area contributed by atoms with Crippen LogP contribution in [-0.2, 0) is 13.5 Å². The fraction of sp³-hybridized carbons (Fsp3) is 0.273. The van der Waals surface area contributed by atoms with Crippen LogP contribution in [0.25, 0.3) is 10.1 Å². The molecular weight excluding hydrogens is 226 g/mol. The quantitative estimate of drug-likeness (QED) is 0.867. The van der Waals surface area contributed by atoms with Crippen LogP contribution in [0.2, 0.25) is 0 Å². The predicted molar refractivity (Wildman–Crippen MR) is 63.4 cm³/mol. The first kappa shape index (κ1) is 10.9. The van der Waals surface area contributed by atoms with E-state index in [4.69, 9.17) is 5.11 Å². The number of nitrogens with zero attached hydrogens (tertiary/aromatic N) is 1. The van der Waals surface area contributed by atoms with E-state index in [0.29, 0.717) is 5.39 Å². The Kier molecular flexibility index (Phi) is 2.55. The van der Waals surface area contributed by atoms with Gasteiger partial charge in [0.2, 0.25) is 0 Å². The van der Waals surface area contributed by atoms with Gasteiger partial charge in [-0.3, -0.25) is 4.79 Å². The van der Waals surface area contributed by atoms with Crippen LogP contribution in [-0.4, -0.2) is 15.6 Å². The fourth-order valence-corrected chi connectivity index (χ4v) is 2.65. The summed E-state index contributed by atoms with van der Waals surface area (Å²) in [5.74, 6) is -1.08. The molecule has 2 aromatic rings. The number of aryl methyl sites for hydroxylation is 1. The summed E-state index contributed by atoms with van der Waals surface area (Å²) in [4.78, 5) is 23.9. The highest BCUT2D eigenvalue weighted by atomic mass is 32.1. The maximum Gasteiger partial charge on any atom is 0.352 e. The molecule has 16 heavy (non-hydrogen) atoms. The number of hydrogen-bond donors (Lipinski definition) is 1. The Balaban J connectivity index is 2.85. The smallest absolute Gasteiger partial charge is 0.352 e. The standard InChI is InChI=1S/C11H11NO3S/c1-3-6-4-7-9(16-6)5-8(11(14)15)12(2)10(7)13/h4-5H,3H2,1-2H3,(H,14,15). The summed E-state index contributed by atoms with van der Waals surface area (Å²) in [6.45, 7) is 2.01. The number of pyridine rings is 1. The van der Waals surface area contributed by atoms with Crippen LogP contribution in [0.15, 0.2) is 16.9 Å². The third-order valence-corrected chi connectivity index (χ3v) is 3.77. The molecule has 0 radical (unpaired) electrons. The van der Waals surface area contributed by atoms with E-state index in [1.165, 1.54) is 23.0 Å². The van der Waals surface area contributed by atoms with Crippen molar-refractivity contribution >= 4 is 27.4 Å². The lowest BCUT2D eigenvalue weighted by molar-refractivity contribution is 0.0685. The van der Waals surface area contributed by atoms with Crippen LogP contribution in [0, 0.1) is 0 Å². The van der Waals surface area contributed by atoms with Crippen molar-refractivity contribution < 1.29 is 9.90 Å². The minimum Gasteiger partial charge on any atom is -0.477 e. The zero-order chi connectivity index (χ0) is 11.9. The summed E-state index contributed by atoms with van der Waals surface area (Å²) in [5, 5.41) is 9.56. The number of carbonyl (C=O) groups is 1. The maximum atomic E-state index is 11.9. The number of aromatic carboxylic acids is 1. The molecule has 1 N–H and O–H groups in total. The number of carboxylic acid groups (broad SMARTS) is 1. The Bertz CT molecular complexity index is 624. The van der Waals surface area contributed by atoms with E-state index in [1.807, 2.05) is 13.0 Å². The molecule has 0 aliphatic carbocycles. The first-order valence-electron chi connectivity index (χ1n) is 4.90. The van der Waals surface area contributed by atoms with Crippen molar-refractivity contribution in [3.05, 3.63) is 33.1 Å². The number of fused-ring (bicyclic) bond motifs is 1. The molecule has 0 aliphatic rings. The van der Waals surface area contributed by atoms with Crippen molar-refractivity contribution in [2.24, 2.45) is 7.05 Å². The Morgan fingerprint density at radius 3 is 2.75 bits per heavy atom. The summed E-state index contributed by atoms with van der Waals surface area (Å²) < 4.78 is 1.92. The van der Waals surface area contributed by atoms with E-state index in [1.54, 1.807) is 6.07 Å². The summed E-state index contributed by atoms with van der Waals surface area (Å²) in [5.41, 5.74) is -0.215. The molecule has 2 rings (SSSR count). The minimum atomic E-state index is -1.08. The van der Waals surface area contributed by atoms with Crippen LogP contribution in [0.5, 0.6) is 0 Å². The molecule has 0 atom stereocenters. The number of carboxylic acids is 1. The van der Waals surface area contributed by atoms with Gasteiger partial charge in [-0.25, -0.2) is 4.79 Å². The molecule has 0 aliphatic heterocycles. The lowest BCUT2D eigenvalue weighted by Crippen LogP contribution is -2.22. The van der Waals surface area contributed by atoms with Crippen LogP contribution in [0.3, 0.4) is 0 Å². The average molecular weight is 237 g/mol. The maximum absolute atomic E-state index is 11.9.